The summed E-state index contributed by atoms with van der Waals surface area (Å²) >= 11 is 6.04. The SMILES string of the molecule is Cc1c(Cl)ncc2[nH]c(=O)n(C3CCOCC3)c12. The number of halogens is 1. The number of pyridine rings is 1. The molecule has 3 heterocycles. The number of nitrogens with one attached hydrogen (secondary N) is 1. The summed E-state index contributed by atoms with van der Waals surface area (Å²) in [7, 11) is 0. The minimum absolute atomic E-state index is 0.0935. The molecular weight excluding hydrogens is 254 g/mol. The summed E-state index contributed by atoms with van der Waals surface area (Å²) in [6.07, 6.45) is 3.32. The van der Waals surface area contributed by atoms with Gasteiger partial charge in [-0.2, -0.15) is 0 Å². The van der Waals surface area contributed by atoms with Gasteiger partial charge < -0.3 is 9.72 Å². The predicted molar refractivity (Wildman–Crippen MR) is 69.2 cm³/mol. The van der Waals surface area contributed by atoms with Crippen molar-refractivity contribution in [1.29, 1.82) is 0 Å². The molecule has 1 fully saturated rings. The normalized spacial score (nSPS) is 17.4. The van der Waals surface area contributed by atoms with E-state index in [4.69, 9.17) is 16.3 Å². The predicted octanol–water partition coefficient (Wildman–Crippen LogP) is 2.04. The van der Waals surface area contributed by atoms with Crippen LogP contribution in [0.15, 0.2) is 11.0 Å². The van der Waals surface area contributed by atoms with Gasteiger partial charge in [0.05, 0.1) is 17.2 Å². The van der Waals surface area contributed by atoms with E-state index >= 15 is 0 Å². The van der Waals surface area contributed by atoms with Gasteiger partial charge in [-0.25, -0.2) is 9.78 Å². The molecule has 0 aromatic carbocycles. The summed E-state index contributed by atoms with van der Waals surface area (Å²) in [4.78, 5) is 19.0. The Kier molecular flexibility index (Phi) is 2.87. The third-order valence-electron chi connectivity index (χ3n) is 3.48. The third-order valence-corrected chi connectivity index (χ3v) is 3.87. The summed E-state index contributed by atoms with van der Waals surface area (Å²) in [5.41, 5.74) is 2.36. The molecule has 1 saturated heterocycles. The topological polar surface area (TPSA) is 59.9 Å². The van der Waals surface area contributed by atoms with Gasteiger partial charge >= 0.3 is 5.69 Å². The van der Waals surface area contributed by atoms with Crippen LogP contribution in [0.5, 0.6) is 0 Å². The van der Waals surface area contributed by atoms with Crippen LogP contribution in [0.3, 0.4) is 0 Å². The average Bonchev–Trinajstić information content (AvgIpc) is 2.72. The second kappa shape index (κ2) is 4.40. The number of nitrogens with zero attached hydrogens (tertiary/aromatic N) is 2. The summed E-state index contributed by atoms with van der Waals surface area (Å²) in [5.74, 6) is 0. The van der Waals surface area contributed by atoms with E-state index in [1.165, 1.54) is 0 Å². The second-order valence-electron chi connectivity index (χ2n) is 4.58. The molecule has 1 N–H and O–H groups in total. The van der Waals surface area contributed by atoms with Gasteiger partial charge in [-0.15, -0.1) is 0 Å². The summed E-state index contributed by atoms with van der Waals surface area (Å²) in [6, 6.07) is 0.178. The lowest BCUT2D eigenvalue weighted by atomic mass is 10.1. The fourth-order valence-electron chi connectivity index (χ4n) is 2.55. The Morgan fingerprint density at radius 2 is 2.22 bits per heavy atom. The second-order valence-corrected chi connectivity index (χ2v) is 4.94. The zero-order valence-corrected chi connectivity index (χ0v) is 10.8. The van der Waals surface area contributed by atoms with Crippen LogP contribution in [0.2, 0.25) is 5.15 Å². The fourth-order valence-corrected chi connectivity index (χ4v) is 2.69. The van der Waals surface area contributed by atoms with Crippen molar-refractivity contribution >= 4 is 22.6 Å². The number of ether oxygens (including phenoxy) is 1. The number of aryl methyl sites for hydroxylation is 1. The smallest absolute Gasteiger partial charge is 0.326 e. The number of fused-ring (bicyclic) bond motifs is 1. The standard InChI is InChI=1S/C12H14ClN3O2/c1-7-10-9(6-14-11(7)13)15-12(17)16(10)8-2-4-18-5-3-8/h6,8H,2-5H2,1H3,(H,15,17). The van der Waals surface area contributed by atoms with Crippen molar-refractivity contribution in [2.45, 2.75) is 25.8 Å². The summed E-state index contributed by atoms with van der Waals surface area (Å²) < 4.78 is 7.15. The number of aromatic amines is 1. The molecule has 0 spiro atoms. The molecule has 3 rings (SSSR count). The zero-order valence-electron chi connectivity index (χ0n) is 10.1. The molecule has 18 heavy (non-hydrogen) atoms. The molecule has 96 valence electrons. The molecule has 6 heteroatoms. The zero-order chi connectivity index (χ0) is 12.7. The number of hydrogen-bond donors (Lipinski definition) is 1. The maximum absolute atomic E-state index is 12.1. The summed E-state index contributed by atoms with van der Waals surface area (Å²) in [5, 5.41) is 0.447. The van der Waals surface area contributed by atoms with E-state index in [0.29, 0.717) is 18.4 Å². The Hall–Kier alpha value is -1.33. The quantitative estimate of drug-likeness (QED) is 0.805. The monoisotopic (exact) mass is 267 g/mol. The highest BCUT2D eigenvalue weighted by Gasteiger charge is 2.21. The summed E-state index contributed by atoms with van der Waals surface area (Å²) in [6.45, 7) is 3.28. The first kappa shape index (κ1) is 11.7. The van der Waals surface area contributed by atoms with Crippen LogP contribution < -0.4 is 5.69 Å². The van der Waals surface area contributed by atoms with Crippen LogP contribution in [-0.4, -0.2) is 27.7 Å². The van der Waals surface area contributed by atoms with E-state index in [0.717, 1.165) is 29.4 Å². The number of H-pyrrole nitrogens is 1. The van der Waals surface area contributed by atoms with Crippen LogP contribution in [-0.2, 0) is 4.74 Å². The van der Waals surface area contributed by atoms with Crippen molar-refractivity contribution in [3.05, 3.63) is 27.4 Å². The van der Waals surface area contributed by atoms with Crippen LogP contribution in [0, 0.1) is 6.92 Å². The molecule has 0 aliphatic carbocycles. The highest BCUT2D eigenvalue weighted by molar-refractivity contribution is 6.30. The van der Waals surface area contributed by atoms with E-state index < -0.39 is 0 Å². The molecule has 0 radical (unpaired) electrons. The van der Waals surface area contributed by atoms with Gasteiger partial charge in [0.15, 0.2) is 0 Å². The molecule has 5 nitrogen and oxygen atoms in total. The first-order valence-electron chi connectivity index (χ1n) is 6.01. The number of rotatable bonds is 1. The van der Waals surface area contributed by atoms with Crippen LogP contribution in [0.1, 0.15) is 24.4 Å². The maximum atomic E-state index is 12.1. The first-order chi connectivity index (χ1) is 8.68. The molecule has 0 atom stereocenters. The minimum atomic E-state index is -0.0935. The minimum Gasteiger partial charge on any atom is -0.381 e. The fraction of sp³-hybridized carbons (Fsp3) is 0.500. The lowest BCUT2D eigenvalue weighted by molar-refractivity contribution is 0.0698. The molecule has 1 aliphatic rings. The van der Waals surface area contributed by atoms with Gasteiger partial charge in [-0.3, -0.25) is 4.57 Å². The van der Waals surface area contributed by atoms with Gasteiger partial charge in [-0.1, -0.05) is 11.6 Å². The van der Waals surface area contributed by atoms with Crippen LogP contribution in [0.4, 0.5) is 0 Å². The molecule has 0 unspecified atom stereocenters. The van der Waals surface area contributed by atoms with Crippen LogP contribution >= 0.6 is 11.6 Å². The highest BCUT2D eigenvalue weighted by atomic mass is 35.5. The van der Waals surface area contributed by atoms with E-state index in [-0.39, 0.29) is 11.7 Å². The molecule has 2 aromatic heterocycles. The van der Waals surface area contributed by atoms with E-state index in [1.54, 1.807) is 10.8 Å². The van der Waals surface area contributed by atoms with Crippen molar-refractivity contribution in [2.75, 3.05) is 13.2 Å². The van der Waals surface area contributed by atoms with Crippen LogP contribution in [0.25, 0.3) is 11.0 Å². The molecule has 0 amide bonds. The first-order valence-corrected chi connectivity index (χ1v) is 6.39. The van der Waals surface area contributed by atoms with Crippen molar-refractivity contribution in [2.24, 2.45) is 0 Å². The van der Waals surface area contributed by atoms with Gasteiger partial charge in [0.2, 0.25) is 0 Å². The lowest BCUT2D eigenvalue weighted by Gasteiger charge is -2.23. The van der Waals surface area contributed by atoms with Gasteiger partial charge in [0.25, 0.3) is 0 Å². The highest BCUT2D eigenvalue weighted by Crippen LogP contribution is 2.27. The Labute approximate surface area is 109 Å². The van der Waals surface area contributed by atoms with E-state index in [9.17, 15) is 4.79 Å². The van der Waals surface area contributed by atoms with Crippen molar-refractivity contribution in [1.82, 2.24) is 14.5 Å². The van der Waals surface area contributed by atoms with E-state index in [1.807, 2.05) is 6.92 Å². The molecule has 2 aromatic rings. The van der Waals surface area contributed by atoms with Gasteiger partial charge in [0, 0.05) is 24.8 Å². The Morgan fingerprint density at radius 1 is 1.50 bits per heavy atom. The largest absolute Gasteiger partial charge is 0.381 e. The molecule has 1 aliphatic heterocycles. The number of aromatic nitrogens is 3. The number of hydrogen-bond acceptors (Lipinski definition) is 3. The molecule has 0 bridgehead atoms. The van der Waals surface area contributed by atoms with Gasteiger partial charge in [0.1, 0.15) is 5.15 Å². The average molecular weight is 268 g/mol. The third kappa shape index (κ3) is 1.74. The Bertz CT molecular complexity index is 641. The van der Waals surface area contributed by atoms with Crippen molar-refractivity contribution in [3.8, 4) is 0 Å². The lowest BCUT2D eigenvalue weighted by Crippen LogP contribution is -2.27. The van der Waals surface area contributed by atoms with Gasteiger partial charge in [-0.05, 0) is 19.8 Å². The molecular formula is C12H14ClN3O2. The number of imidazole rings is 1. The van der Waals surface area contributed by atoms with Crippen molar-refractivity contribution in [3.63, 3.8) is 0 Å². The Balaban J connectivity index is 2.23. The maximum Gasteiger partial charge on any atom is 0.326 e. The van der Waals surface area contributed by atoms with Crippen molar-refractivity contribution < 1.29 is 4.74 Å². The Morgan fingerprint density at radius 3 is 2.94 bits per heavy atom. The van der Waals surface area contributed by atoms with E-state index in [2.05, 4.69) is 9.97 Å². The molecule has 0 saturated carbocycles.